The van der Waals surface area contributed by atoms with Crippen LogP contribution >= 0.6 is 0 Å². The van der Waals surface area contributed by atoms with E-state index >= 15 is 0 Å². The van der Waals surface area contributed by atoms with Crippen LogP contribution in [-0.4, -0.2) is 71.6 Å². The smallest absolute Gasteiger partial charge is 0.328 e. The minimum Gasteiger partial charge on any atom is -0.493 e. The van der Waals surface area contributed by atoms with Crippen molar-refractivity contribution in [3.05, 3.63) is 72.8 Å². The maximum absolute atomic E-state index is 9.55. The molecule has 2 saturated heterocycles. The van der Waals surface area contributed by atoms with Crippen molar-refractivity contribution in [2.75, 3.05) is 39.4 Å². The van der Waals surface area contributed by atoms with Crippen LogP contribution in [-0.2, 0) is 9.59 Å². The Morgan fingerprint density at radius 2 is 1.00 bits per heavy atom. The highest BCUT2D eigenvalue weighted by Gasteiger charge is 2.18. The number of hydrogen-bond donors (Lipinski definition) is 4. The number of carboxylic acid groups (broad SMARTS) is 2. The molecule has 38 heavy (non-hydrogen) atoms. The molecule has 2 aliphatic rings. The Kier molecular flexibility index (Phi) is 14.5. The summed E-state index contributed by atoms with van der Waals surface area (Å²) in [6.45, 7) is 5.59. The molecule has 2 fully saturated rings. The first-order valence-electron chi connectivity index (χ1n) is 12.8. The van der Waals surface area contributed by atoms with Crippen molar-refractivity contribution in [3.63, 3.8) is 0 Å². The number of carboxylic acids is 2. The molecule has 10 heteroatoms. The number of nitrogens with zero attached hydrogens (tertiary/aromatic N) is 2. The van der Waals surface area contributed by atoms with Crippen molar-refractivity contribution in [1.29, 1.82) is 0 Å². The lowest BCUT2D eigenvalue weighted by atomic mass is 9.99. The fraction of sp³-hybridized carbons (Fsp3) is 0.429. The van der Waals surface area contributed by atoms with Gasteiger partial charge in [0.05, 0.1) is 13.2 Å². The van der Waals surface area contributed by atoms with Crippen LogP contribution in [0.1, 0.15) is 25.7 Å². The fourth-order valence-corrected chi connectivity index (χ4v) is 3.84. The van der Waals surface area contributed by atoms with Crippen LogP contribution in [0.5, 0.6) is 11.5 Å². The summed E-state index contributed by atoms with van der Waals surface area (Å²) in [5, 5.41) is 19.4. The molecule has 0 aliphatic carbocycles. The topological polar surface area (TPSA) is 152 Å². The molecule has 4 rings (SSSR count). The average Bonchev–Trinajstić information content (AvgIpc) is 2.93. The predicted octanol–water partition coefficient (Wildman–Crippen LogP) is 3.01. The minimum absolute atomic E-state index is 0.558. The number of ether oxygens (including phenoxy) is 2. The van der Waals surface area contributed by atoms with Crippen LogP contribution < -0.4 is 21.2 Å². The zero-order valence-corrected chi connectivity index (χ0v) is 21.7. The molecular weight excluding hydrogens is 488 g/mol. The van der Waals surface area contributed by atoms with Gasteiger partial charge in [0, 0.05) is 38.3 Å². The van der Waals surface area contributed by atoms with Gasteiger partial charge in [-0.1, -0.05) is 36.4 Å². The third-order valence-electron chi connectivity index (χ3n) is 6.12. The average molecular weight is 529 g/mol. The van der Waals surface area contributed by atoms with Crippen LogP contribution in [0.4, 0.5) is 0 Å². The Labute approximate surface area is 224 Å². The van der Waals surface area contributed by atoms with Gasteiger partial charge < -0.3 is 19.7 Å². The summed E-state index contributed by atoms with van der Waals surface area (Å²) >= 11 is 0. The summed E-state index contributed by atoms with van der Waals surface area (Å²) < 4.78 is 11.4. The van der Waals surface area contributed by atoms with E-state index in [1.165, 1.54) is 0 Å². The molecule has 2 aliphatic heterocycles. The summed E-state index contributed by atoms with van der Waals surface area (Å²) in [4.78, 5) is 19.1. The Morgan fingerprint density at radius 3 is 1.29 bits per heavy atom. The van der Waals surface area contributed by atoms with Gasteiger partial charge in [0.1, 0.15) is 11.5 Å². The summed E-state index contributed by atoms with van der Waals surface area (Å²) in [6.07, 6.45) is 5.68. The number of para-hydroxylation sites is 2. The van der Waals surface area contributed by atoms with Gasteiger partial charge in [0.15, 0.2) is 0 Å². The van der Waals surface area contributed by atoms with Crippen molar-refractivity contribution in [2.45, 2.75) is 25.7 Å². The van der Waals surface area contributed by atoms with Crippen molar-refractivity contribution in [2.24, 2.45) is 23.5 Å². The molecule has 2 aromatic carbocycles. The maximum atomic E-state index is 9.55. The lowest BCUT2D eigenvalue weighted by Gasteiger charge is -2.28. The Hall–Kier alpha value is -3.44. The van der Waals surface area contributed by atoms with E-state index in [1.807, 2.05) is 70.7 Å². The number of nitrogens with two attached hydrogens (primary N) is 2. The molecule has 0 saturated carbocycles. The van der Waals surface area contributed by atoms with Crippen molar-refractivity contribution >= 4 is 11.9 Å². The number of piperidine rings is 2. The molecule has 0 spiro atoms. The first-order valence-corrected chi connectivity index (χ1v) is 12.8. The molecule has 0 radical (unpaired) electrons. The third-order valence-corrected chi connectivity index (χ3v) is 6.12. The van der Waals surface area contributed by atoms with Crippen LogP contribution in [0.15, 0.2) is 72.8 Å². The first-order chi connectivity index (χ1) is 18.3. The largest absolute Gasteiger partial charge is 0.493 e. The Morgan fingerprint density at radius 1 is 0.684 bits per heavy atom. The van der Waals surface area contributed by atoms with Crippen LogP contribution in [0.3, 0.4) is 0 Å². The van der Waals surface area contributed by atoms with Gasteiger partial charge in [0.2, 0.25) is 0 Å². The normalized spacial score (nSPS) is 17.0. The highest BCUT2D eigenvalue weighted by atomic mass is 16.5. The van der Waals surface area contributed by atoms with Gasteiger partial charge in [-0.05, 0) is 61.8 Å². The number of benzene rings is 2. The van der Waals surface area contributed by atoms with Crippen LogP contribution in [0, 0.1) is 11.8 Å². The van der Waals surface area contributed by atoms with Crippen molar-refractivity contribution in [1.82, 2.24) is 10.0 Å². The van der Waals surface area contributed by atoms with Crippen LogP contribution in [0.25, 0.3) is 0 Å². The molecule has 0 aromatic heterocycles. The van der Waals surface area contributed by atoms with Crippen molar-refractivity contribution in [3.8, 4) is 11.5 Å². The standard InChI is InChI=1S/2C12H18N2O.C4H4O4/c2*13-14-8-6-11(7-9-14)10-15-12-4-2-1-3-5-12;5-3(6)1-2-4(7)8/h2*1-5,11H,6-10,13H2;1-2H,(H,5,6)(H,7,8)/b;;2-1+. The summed E-state index contributed by atoms with van der Waals surface area (Å²) in [6, 6.07) is 20.0. The molecule has 208 valence electrons. The Balaban J connectivity index is 0.000000211. The first kappa shape index (κ1) is 30.8. The number of hydrazine groups is 2. The van der Waals surface area contributed by atoms with E-state index < -0.39 is 11.9 Å². The predicted molar refractivity (Wildman–Crippen MR) is 145 cm³/mol. The lowest BCUT2D eigenvalue weighted by Crippen LogP contribution is -2.40. The van der Waals surface area contributed by atoms with Crippen molar-refractivity contribution < 1.29 is 29.3 Å². The van der Waals surface area contributed by atoms with Crippen LogP contribution in [0.2, 0.25) is 0 Å². The lowest BCUT2D eigenvalue weighted by molar-refractivity contribution is -0.134. The quantitative estimate of drug-likeness (QED) is 0.297. The second-order valence-corrected chi connectivity index (χ2v) is 9.22. The van der Waals surface area contributed by atoms with E-state index in [2.05, 4.69) is 0 Å². The minimum atomic E-state index is -1.26. The summed E-state index contributed by atoms with van der Waals surface area (Å²) in [5.74, 6) is 12.1. The molecule has 2 heterocycles. The molecule has 0 bridgehead atoms. The zero-order valence-electron chi connectivity index (χ0n) is 21.7. The van der Waals surface area contributed by atoms with E-state index in [9.17, 15) is 9.59 Å². The van der Waals surface area contributed by atoms with E-state index in [4.69, 9.17) is 31.4 Å². The number of aliphatic carboxylic acids is 2. The highest BCUT2D eigenvalue weighted by molar-refractivity contribution is 5.89. The van der Waals surface area contributed by atoms with Gasteiger partial charge in [0.25, 0.3) is 0 Å². The molecule has 0 unspecified atom stereocenters. The summed E-state index contributed by atoms with van der Waals surface area (Å²) in [7, 11) is 0. The fourth-order valence-electron chi connectivity index (χ4n) is 3.84. The maximum Gasteiger partial charge on any atom is 0.328 e. The second kappa shape index (κ2) is 17.9. The molecule has 10 nitrogen and oxygen atoms in total. The summed E-state index contributed by atoms with van der Waals surface area (Å²) in [5.41, 5.74) is 0. The third kappa shape index (κ3) is 14.3. The van der Waals surface area contributed by atoms with E-state index in [0.29, 0.717) is 24.0 Å². The van der Waals surface area contributed by atoms with E-state index in [1.54, 1.807) is 0 Å². The molecule has 6 N–H and O–H groups in total. The van der Waals surface area contributed by atoms with Gasteiger partial charge in [-0.25, -0.2) is 19.6 Å². The van der Waals surface area contributed by atoms with Gasteiger partial charge >= 0.3 is 11.9 Å². The van der Waals surface area contributed by atoms with Gasteiger partial charge in [-0.3, -0.25) is 11.7 Å². The molecule has 2 aromatic rings. The number of hydrogen-bond acceptors (Lipinski definition) is 8. The second-order valence-electron chi connectivity index (χ2n) is 9.22. The highest BCUT2D eigenvalue weighted by Crippen LogP contribution is 2.18. The molecular formula is C28H40N4O6. The van der Waals surface area contributed by atoms with Gasteiger partial charge in [-0.2, -0.15) is 0 Å². The SMILES string of the molecule is NN1CCC(COc2ccccc2)CC1.NN1CCC(COc2ccccc2)CC1.O=C(O)/C=C/C(=O)O. The molecule has 0 atom stereocenters. The zero-order chi connectivity index (χ0) is 27.6. The Bertz CT molecular complexity index is 867. The number of rotatable bonds is 8. The number of carbonyl (C=O) groups is 2. The van der Waals surface area contributed by atoms with E-state index in [0.717, 1.165) is 76.6 Å². The monoisotopic (exact) mass is 528 g/mol. The van der Waals surface area contributed by atoms with E-state index in [-0.39, 0.29) is 0 Å². The van der Waals surface area contributed by atoms with Gasteiger partial charge in [-0.15, -0.1) is 0 Å². The molecule has 0 amide bonds.